The van der Waals surface area contributed by atoms with Crippen LogP contribution in [-0.4, -0.2) is 50.4 Å². The van der Waals surface area contributed by atoms with Crippen molar-refractivity contribution in [2.24, 2.45) is 11.8 Å². The Balaban J connectivity index is 1.32. The van der Waals surface area contributed by atoms with Gasteiger partial charge in [-0.05, 0) is 54.5 Å². The van der Waals surface area contributed by atoms with Gasteiger partial charge >= 0.3 is 6.18 Å². The smallest absolute Gasteiger partial charge is 0.416 e. The van der Waals surface area contributed by atoms with E-state index in [0.717, 1.165) is 25.2 Å². The molecule has 8 heteroatoms. The summed E-state index contributed by atoms with van der Waals surface area (Å²) in [5.74, 6) is 0.642. The van der Waals surface area contributed by atoms with Crippen molar-refractivity contribution in [1.29, 1.82) is 0 Å². The Hall–Kier alpha value is -2.16. The third-order valence-corrected chi connectivity index (χ3v) is 6.29. The van der Waals surface area contributed by atoms with Crippen LogP contribution in [-0.2, 0) is 12.6 Å². The molecular weight excluding hydrogens is 397 g/mol. The van der Waals surface area contributed by atoms with Gasteiger partial charge in [-0.25, -0.2) is 0 Å². The predicted molar refractivity (Wildman–Crippen MR) is 104 cm³/mol. The van der Waals surface area contributed by atoms with Crippen LogP contribution in [0, 0.1) is 11.8 Å². The van der Waals surface area contributed by atoms with Crippen molar-refractivity contribution >= 4 is 0 Å². The minimum absolute atomic E-state index is 0.0500. The van der Waals surface area contributed by atoms with E-state index in [9.17, 15) is 28.5 Å². The predicted octanol–water partition coefficient (Wildman–Crippen LogP) is 3.16. The summed E-state index contributed by atoms with van der Waals surface area (Å²) in [6, 6.07) is 8.11. The zero-order valence-corrected chi connectivity index (χ0v) is 16.4. The summed E-state index contributed by atoms with van der Waals surface area (Å²) in [4.78, 5) is 6.21. The van der Waals surface area contributed by atoms with Crippen LogP contribution in [0.5, 0.6) is 5.75 Å². The first-order valence-corrected chi connectivity index (χ1v) is 10.1. The standard InChI is InChI=1S/C22H25F3N2O3/c23-22(24,25)17-3-1-14(2-4-17)7-21(30)8-15-11-27(12-16(15)9-21)13-20(29)19-6-5-18(28)10-26-19/h1-6,10,15-16,20,28-30H,7-9,11-13H2/t15-,16-,20?/m0/s1. The molecule has 1 aliphatic carbocycles. The van der Waals surface area contributed by atoms with Crippen LogP contribution in [0.25, 0.3) is 0 Å². The van der Waals surface area contributed by atoms with E-state index >= 15 is 0 Å². The molecule has 0 amide bonds. The molecule has 1 unspecified atom stereocenters. The largest absolute Gasteiger partial charge is 0.506 e. The van der Waals surface area contributed by atoms with Crippen molar-refractivity contribution in [3.05, 3.63) is 59.4 Å². The van der Waals surface area contributed by atoms with Crippen molar-refractivity contribution in [2.75, 3.05) is 19.6 Å². The summed E-state index contributed by atoms with van der Waals surface area (Å²) in [6.45, 7) is 1.95. The maximum atomic E-state index is 12.7. The fraction of sp³-hybridized carbons (Fsp3) is 0.500. The molecule has 0 bridgehead atoms. The molecule has 1 aromatic carbocycles. The summed E-state index contributed by atoms with van der Waals surface area (Å²) in [7, 11) is 0. The second kappa shape index (κ2) is 7.83. The van der Waals surface area contributed by atoms with Gasteiger partial charge in [-0.15, -0.1) is 0 Å². The number of likely N-dealkylation sites (tertiary alicyclic amines) is 1. The van der Waals surface area contributed by atoms with Gasteiger partial charge in [0.1, 0.15) is 11.9 Å². The molecule has 5 nitrogen and oxygen atoms in total. The van der Waals surface area contributed by atoms with Crippen molar-refractivity contribution in [2.45, 2.75) is 37.1 Å². The van der Waals surface area contributed by atoms with Gasteiger partial charge in [0.2, 0.25) is 0 Å². The highest BCUT2D eigenvalue weighted by atomic mass is 19.4. The average Bonchev–Trinajstić information content (AvgIpc) is 3.15. The highest BCUT2D eigenvalue weighted by molar-refractivity contribution is 5.26. The van der Waals surface area contributed by atoms with Crippen LogP contribution in [0.15, 0.2) is 42.6 Å². The fourth-order valence-electron chi connectivity index (χ4n) is 4.98. The minimum Gasteiger partial charge on any atom is -0.506 e. The molecule has 162 valence electrons. The highest BCUT2D eigenvalue weighted by Gasteiger charge is 2.48. The second-order valence-corrected chi connectivity index (χ2v) is 8.70. The van der Waals surface area contributed by atoms with E-state index in [-0.39, 0.29) is 5.75 Å². The number of hydrogen-bond donors (Lipinski definition) is 3. The number of rotatable bonds is 5. The number of aromatic hydroxyl groups is 1. The summed E-state index contributed by atoms with van der Waals surface area (Å²) < 4.78 is 38.2. The molecule has 1 saturated carbocycles. The van der Waals surface area contributed by atoms with Gasteiger partial charge in [0.15, 0.2) is 0 Å². The number of β-amino-alcohol motifs (C(OH)–C–C–N with tert-alkyl or cyclic N) is 1. The monoisotopic (exact) mass is 422 g/mol. The fourth-order valence-corrected chi connectivity index (χ4v) is 4.98. The first-order valence-electron chi connectivity index (χ1n) is 10.1. The maximum Gasteiger partial charge on any atom is 0.416 e. The number of aliphatic hydroxyl groups is 2. The molecule has 30 heavy (non-hydrogen) atoms. The van der Waals surface area contributed by atoms with Crippen LogP contribution in [0.1, 0.15) is 35.8 Å². The Kier molecular flexibility index (Phi) is 5.50. The lowest BCUT2D eigenvalue weighted by molar-refractivity contribution is -0.137. The lowest BCUT2D eigenvalue weighted by Crippen LogP contribution is -2.33. The molecule has 1 aliphatic heterocycles. The van der Waals surface area contributed by atoms with Gasteiger partial charge in [-0.3, -0.25) is 9.88 Å². The summed E-state index contributed by atoms with van der Waals surface area (Å²) in [5, 5.41) is 30.7. The van der Waals surface area contributed by atoms with Crippen LogP contribution in [0.4, 0.5) is 13.2 Å². The molecule has 2 aromatic rings. The van der Waals surface area contributed by atoms with E-state index in [1.54, 1.807) is 6.07 Å². The summed E-state index contributed by atoms with van der Waals surface area (Å²) >= 11 is 0. The molecular formula is C22H25F3N2O3. The van der Waals surface area contributed by atoms with E-state index in [0.29, 0.717) is 48.9 Å². The zero-order chi connectivity index (χ0) is 21.5. The molecule has 3 atom stereocenters. The van der Waals surface area contributed by atoms with Crippen LogP contribution < -0.4 is 0 Å². The van der Waals surface area contributed by atoms with Gasteiger partial charge in [0.25, 0.3) is 0 Å². The minimum atomic E-state index is -4.36. The van der Waals surface area contributed by atoms with Gasteiger partial charge in [0.05, 0.1) is 23.1 Å². The van der Waals surface area contributed by atoms with Crippen molar-refractivity contribution in [3.63, 3.8) is 0 Å². The third kappa shape index (κ3) is 4.61. The number of halogens is 3. The topological polar surface area (TPSA) is 76.8 Å². The first kappa shape index (κ1) is 21.1. The quantitative estimate of drug-likeness (QED) is 0.690. The van der Waals surface area contributed by atoms with Crippen LogP contribution >= 0.6 is 0 Å². The number of benzene rings is 1. The van der Waals surface area contributed by atoms with Crippen molar-refractivity contribution < 1.29 is 28.5 Å². The third-order valence-electron chi connectivity index (χ3n) is 6.29. The molecule has 0 spiro atoms. The van der Waals surface area contributed by atoms with Crippen LogP contribution in [0.3, 0.4) is 0 Å². The molecule has 2 aliphatic rings. The molecule has 0 radical (unpaired) electrons. The molecule has 2 fully saturated rings. The van der Waals surface area contributed by atoms with E-state index in [1.807, 2.05) is 0 Å². The SMILES string of the molecule is Oc1ccc(C(O)CN2C[C@@H]3CC(O)(Cc4ccc(C(F)(F)F)cc4)C[C@H]3C2)nc1. The Morgan fingerprint density at radius 3 is 2.23 bits per heavy atom. The normalized spacial score (nSPS) is 24.7. The maximum absolute atomic E-state index is 12.7. The molecule has 4 rings (SSSR count). The number of fused-ring (bicyclic) bond motifs is 1. The average molecular weight is 422 g/mol. The van der Waals surface area contributed by atoms with E-state index in [4.69, 9.17) is 0 Å². The Bertz CT molecular complexity index is 857. The number of hydrogen-bond acceptors (Lipinski definition) is 5. The number of pyridine rings is 1. The van der Waals surface area contributed by atoms with E-state index < -0.39 is 23.4 Å². The lowest BCUT2D eigenvalue weighted by Gasteiger charge is -2.27. The number of aromatic nitrogens is 1. The van der Waals surface area contributed by atoms with E-state index in [1.165, 1.54) is 24.4 Å². The highest BCUT2D eigenvalue weighted by Crippen LogP contribution is 2.45. The van der Waals surface area contributed by atoms with Gasteiger partial charge in [-0.1, -0.05) is 12.1 Å². The van der Waals surface area contributed by atoms with Gasteiger partial charge in [0, 0.05) is 26.1 Å². The summed E-state index contributed by atoms with van der Waals surface area (Å²) in [6.07, 6.45) is -2.26. The Morgan fingerprint density at radius 1 is 1.07 bits per heavy atom. The Labute approximate surface area is 172 Å². The molecule has 1 saturated heterocycles. The zero-order valence-electron chi connectivity index (χ0n) is 16.4. The van der Waals surface area contributed by atoms with Crippen molar-refractivity contribution in [3.8, 4) is 5.75 Å². The van der Waals surface area contributed by atoms with Crippen LogP contribution in [0.2, 0.25) is 0 Å². The number of nitrogens with zero attached hydrogens (tertiary/aromatic N) is 2. The summed E-state index contributed by atoms with van der Waals surface area (Å²) in [5.41, 5.74) is -0.378. The first-order chi connectivity index (χ1) is 14.1. The number of aliphatic hydroxyl groups excluding tert-OH is 1. The molecule has 3 N–H and O–H groups in total. The Morgan fingerprint density at radius 2 is 1.70 bits per heavy atom. The molecule has 1 aromatic heterocycles. The number of alkyl halides is 3. The molecule has 2 heterocycles. The lowest BCUT2D eigenvalue weighted by atomic mass is 9.91. The second-order valence-electron chi connectivity index (χ2n) is 8.70. The van der Waals surface area contributed by atoms with E-state index in [2.05, 4.69) is 9.88 Å². The van der Waals surface area contributed by atoms with Crippen molar-refractivity contribution in [1.82, 2.24) is 9.88 Å². The van der Waals surface area contributed by atoms with Gasteiger partial charge < -0.3 is 15.3 Å². The van der Waals surface area contributed by atoms with Gasteiger partial charge in [-0.2, -0.15) is 13.2 Å².